The molecule has 0 spiro atoms. The zero-order chi connectivity index (χ0) is 24.2. The second-order valence-electron chi connectivity index (χ2n) is 9.39. The predicted octanol–water partition coefficient (Wildman–Crippen LogP) is 7.53. The largest absolute Gasteiger partial charge is 0.513 e. The van der Waals surface area contributed by atoms with Crippen molar-refractivity contribution in [2.45, 2.75) is 51.9 Å². The number of phenolic OH excluding ortho intramolecular Hbond substituents is 2. The van der Waals surface area contributed by atoms with Crippen molar-refractivity contribution in [3.8, 4) is 11.5 Å². The summed E-state index contributed by atoms with van der Waals surface area (Å²) in [6.45, 7) is 10.4. The predicted molar refractivity (Wildman–Crippen MR) is 136 cm³/mol. The maximum absolute atomic E-state index is 9.81. The van der Waals surface area contributed by atoms with Crippen LogP contribution < -0.4 is 0 Å². The van der Waals surface area contributed by atoms with E-state index in [-0.39, 0.29) is 16.9 Å². The van der Waals surface area contributed by atoms with Crippen molar-refractivity contribution in [2.75, 3.05) is 0 Å². The summed E-state index contributed by atoms with van der Waals surface area (Å²) < 4.78 is 0. The molecule has 0 aliphatic rings. The maximum atomic E-state index is 9.81. The molecule has 3 aromatic carbocycles. The Hall–Kier alpha value is -3.46. The molecule has 0 amide bonds. The average molecular weight is 443 g/mol. The minimum Gasteiger partial charge on any atom is -0.513 e. The third-order valence-corrected chi connectivity index (χ3v) is 6.90. The molecule has 0 saturated carbocycles. The fourth-order valence-corrected chi connectivity index (χ4v) is 4.20. The molecule has 0 aromatic heterocycles. The van der Waals surface area contributed by atoms with E-state index in [9.17, 15) is 15.3 Å². The molecule has 0 radical (unpaired) electrons. The lowest BCUT2D eigenvalue weighted by atomic mass is 9.70. The molecule has 0 saturated heterocycles. The summed E-state index contributed by atoms with van der Waals surface area (Å²) in [5, 5.41) is 29.0. The van der Waals surface area contributed by atoms with Gasteiger partial charge in [-0.3, -0.25) is 0 Å². The monoisotopic (exact) mass is 442 g/mol. The van der Waals surface area contributed by atoms with E-state index >= 15 is 0 Å². The van der Waals surface area contributed by atoms with Gasteiger partial charge in [0.1, 0.15) is 11.5 Å². The van der Waals surface area contributed by atoms with Crippen molar-refractivity contribution in [3.63, 3.8) is 0 Å². The normalized spacial score (nSPS) is 13.2. The smallest absolute Gasteiger partial charge is 0.115 e. The Morgan fingerprint density at radius 2 is 1.00 bits per heavy atom. The topological polar surface area (TPSA) is 60.7 Å². The molecule has 0 heterocycles. The average Bonchev–Trinajstić information content (AvgIpc) is 2.79. The molecule has 3 aromatic rings. The zero-order valence-corrected chi connectivity index (χ0v) is 20.1. The van der Waals surface area contributed by atoms with Crippen LogP contribution in [0.25, 0.3) is 0 Å². The number of phenols is 2. The second-order valence-corrected chi connectivity index (χ2v) is 9.39. The number of benzene rings is 3. The van der Waals surface area contributed by atoms with E-state index in [2.05, 4.69) is 58.0 Å². The molecule has 0 atom stereocenters. The summed E-state index contributed by atoms with van der Waals surface area (Å²) in [4.78, 5) is 0. The van der Waals surface area contributed by atoms with E-state index in [0.29, 0.717) is 12.2 Å². The molecule has 3 heteroatoms. The number of aliphatic hydroxyl groups excluding tert-OH is 1. The van der Waals surface area contributed by atoms with Crippen LogP contribution in [0.1, 0.15) is 63.3 Å². The minimum absolute atomic E-state index is 0.150. The molecule has 0 aliphatic heterocycles. The van der Waals surface area contributed by atoms with Gasteiger partial charge < -0.3 is 15.3 Å². The fourth-order valence-electron chi connectivity index (χ4n) is 4.20. The van der Waals surface area contributed by atoms with E-state index < -0.39 is 5.41 Å². The van der Waals surface area contributed by atoms with Gasteiger partial charge in [0, 0.05) is 10.8 Å². The molecular weight excluding hydrogens is 408 g/mol. The van der Waals surface area contributed by atoms with Gasteiger partial charge in [0.05, 0.1) is 5.76 Å². The van der Waals surface area contributed by atoms with Crippen LogP contribution in [0.2, 0.25) is 0 Å². The van der Waals surface area contributed by atoms with E-state index in [1.54, 1.807) is 31.2 Å². The van der Waals surface area contributed by atoms with Crippen LogP contribution in [0.3, 0.4) is 0 Å². The van der Waals surface area contributed by atoms with Crippen molar-refractivity contribution in [1.82, 2.24) is 0 Å². The van der Waals surface area contributed by atoms with Crippen molar-refractivity contribution < 1.29 is 15.3 Å². The highest BCUT2D eigenvalue weighted by Crippen LogP contribution is 2.41. The summed E-state index contributed by atoms with van der Waals surface area (Å²) in [6.07, 6.45) is 4.67. The number of rotatable bonds is 7. The lowest BCUT2D eigenvalue weighted by molar-refractivity contribution is 0.412. The first kappa shape index (κ1) is 24.2. The lowest BCUT2D eigenvalue weighted by Crippen LogP contribution is -2.26. The Kier molecular flexibility index (Phi) is 7.02. The Bertz CT molecular complexity index is 1080. The van der Waals surface area contributed by atoms with Crippen LogP contribution >= 0.6 is 0 Å². The van der Waals surface area contributed by atoms with E-state index in [0.717, 1.165) is 16.7 Å². The third-order valence-electron chi connectivity index (χ3n) is 6.90. The summed E-state index contributed by atoms with van der Waals surface area (Å²) in [6, 6.07) is 23.3. The van der Waals surface area contributed by atoms with Crippen molar-refractivity contribution >= 4 is 0 Å². The van der Waals surface area contributed by atoms with Crippen LogP contribution in [0.5, 0.6) is 11.5 Å². The molecule has 3 rings (SSSR count). The molecule has 3 nitrogen and oxygen atoms in total. The Balaban J connectivity index is 2.04. The maximum Gasteiger partial charge on any atom is 0.115 e. The van der Waals surface area contributed by atoms with E-state index in [4.69, 9.17) is 0 Å². The van der Waals surface area contributed by atoms with Gasteiger partial charge in [0.2, 0.25) is 0 Å². The first-order valence-electron chi connectivity index (χ1n) is 11.3. The van der Waals surface area contributed by atoms with E-state index in [1.165, 1.54) is 11.1 Å². The number of aliphatic hydroxyl groups is 1. The number of hydrogen-bond acceptors (Lipinski definition) is 3. The fraction of sp³-hybridized carbons (Fsp3) is 0.267. The second kappa shape index (κ2) is 9.58. The zero-order valence-electron chi connectivity index (χ0n) is 20.1. The first-order valence-corrected chi connectivity index (χ1v) is 11.3. The third kappa shape index (κ3) is 5.14. The quantitative estimate of drug-likeness (QED) is 0.201. The molecule has 172 valence electrons. The van der Waals surface area contributed by atoms with Gasteiger partial charge in [0.15, 0.2) is 0 Å². The van der Waals surface area contributed by atoms with Crippen molar-refractivity contribution in [3.05, 3.63) is 119 Å². The molecular formula is C30H34O3. The van der Waals surface area contributed by atoms with Crippen LogP contribution in [0.4, 0.5) is 0 Å². The molecule has 0 aliphatic carbocycles. The lowest BCUT2D eigenvalue weighted by Gasteiger charge is -2.33. The Morgan fingerprint density at radius 1 is 0.636 bits per heavy atom. The van der Waals surface area contributed by atoms with Crippen molar-refractivity contribution in [1.29, 1.82) is 0 Å². The molecule has 33 heavy (non-hydrogen) atoms. The highest BCUT2D eigenvalue weighted by atomic mass is 16.3. The summed E-state index contributed by atoms with van der Waals surface area (Å²) >= 11 is 0. The van der Waals surface area contributed by atoms with E-state index in [1.807, 2.05) is 30.3 Å². The molecule has 0 unspecified atom stereocenters. The number of hydrogen-bond donors (Lipinski definition) is 3. The molecule has 0 bridgehead atoms. The summed E-state index contributed by atoms with van der Waals surface area (Å²) in [5.74, 6) is 0.804. The highest BCUT2D eigenvalue weighted by molar-refractivity contribution is 5.52. The van der Waals surface area contributed by atoms with Gasteiger partial charge in [-0.15, -0.1) is 0 Å². The SMILES string of the molecule is C/C(O)=C\C/C=C(\C)C(C)(C)c1ccc(C(C)(c2ccc(O)cc2)c2ccc(O)cc2)cc1. The van der Waals surface area contributed by atoms with Gasteiger partial charge in [-0.1, -0.05) is 74.0 Å². The van der Waals surface area contributed by atoms with Crippen LogP contribution in [-0.4, -0.2) is 15.3 Å². The Morgan fingerprint density at radius 3 is 1.39 bits per heavy atom. The summed E-state index contributed by atoms with van der Waals surface area (Å²) in [7, 11) is 0. The van der Waals surface area contributed by atoms with Crippen LogP contribution in [-0.2, 0) is 10.8 Å². The van der Waals surface area contributed by atoms with Gasteiger partial charge >= 0.3 is 0 Å². The Labute approximate surface area is 197 Å². The highest BCUT2D eigenvalue weighted by Gasteiger charge is 2.32. The minimum atomic E-state index is -0.460. The van der Waals surface area contributed by atoms with Gasteiger partial charge in [-0.05, 0) is 79.8 Å². The standard InChI is InChI=1S/C30H34O3/c1-21(7-6-8-22(2)31)29(3,4)23-9-11-24(12-10-23)30(5,25-13-17-27(32)18-14-25)26-15-19-28(33)20-16-26/h7-20,31-33H,6H2,1-5H3/b21-7+,22-8+. The molecule has 0 fully saturated rings. The van der Waals surface area contributed by atoms with Gasteiger partial charge in [-0.2, -0.15) is 0 Å². The number of allylic oxidation sites excluding steroid dienone is 4. The van der Waals surface area contributed by atoms with Crippen LogP contribution in [0.15, 0.2) is 96.3 Å². The summed E-state index contributed by atoms with van der Waals surface area (Å²) in [5.41, 5.74) is 5.08. The molecule has 3 N–H and O–H groups in total. The van der Waals surface area contributed by atoms with Gasteiger partial charge in [-0.25, -0.2) is 0 Å². The van der Waals surface area contributed by atoms with Crippen LogP contribution in [0, 0.1) is 0 Å². The van der Waals surface area contributed by atoms with Gasteiger partial charge in [0.25, 0.3) is 0 Å². The van der Waals surface area contributed by atoms with Crippen molar-refractivity contribution in [2.24, 2.45) is 0 Å². The number of aromatic hydroxyl groups is 2. The first-order chi connectivity index (χ1) is 15.5.